The second-order valence-corrected chi connectivity index (χ2v) is 9.67. The Kier molecular flexibility index (Phi) is 12.3. The van der Waals surface area contributed by atoms with E-state index in [9.17, 15) is 35.9 Å². The molecule has 2 amide bonds. The number of likely N-dealkylation sites (tertiary alicyclic amines) is 1. The van der Waals surface area contributed by atoms with Crippen LogP contribution in [0.1, 0.15) is 32.8 Å². The quantitative estimate of drug-likeness (QED) is 0.515. The molecule has 40 heavy (non-hydrogen) atoms. The van der Waals surface area contributed by atoms with Gasteiger partial charge in [-0.15, -0.1) is 0 Å². The predicted octanol–water partition coefficient (Wildman–Crippen LogP) is 2.89. The number of carboxylic acid groups (broad SMARTS) is 2. The molecule has 2 N–H and O–H groups in total. The average Bonchev–Trinajstić information content (AvgIpc) is 3.04. The van der Waals surface area contributed by atoms with Gasteiger partial charge in [0, 0.05) is 76.0 Å². The standard InChI is InChI=1S/C20H30N4O2.2C2HF3O2/c1-4-23-14-20(11-18(23)25)13-22(12-17-5-7-21-8-6-17)9-10-24(15-20)19(26)16(2)3;2*3-2(4,5)1(6)7/h5-8,16H,4,9-15H2,1-3H3;2*(H,6,7). The van der Waals surface area contributed by atoms with E-state index in [1.807, 2.05) is 55.1 Å². The molecule has 1 unspecified atom stereocenters. The highest BCUT2D eigenvalue weighted by atomic mass is 19.4. The van der Waals surface area contributed by atoms with Crippen molar-refractivity contribution in [3.63, 3.8) is 0 Å². The average molecular weight is 587 g/mol. The Morgan fingerprint density at radius 3 is 1.85 bits per heavy atom. The minimum absolute atomic E-state index is 0.0156. The zero-order valence-electron chi connectivity index (χ0n) is 22.1. The van der Waals surface area contributed by atoms with Gasteiger partial charge in [-0.1, -0.05) is 13.8 Å². The Bertz CT molecular complexity index is 997. The molecule has 2 fully saturated rings. The van der Waals surface area contributed by atoms with E-state index in [-0.39, 0.29) is 23.1 Å². The van der Waals surface area contributed by atoms with E-state index in [0.717, 1.165) is 39.3 Å². The highest BCUT2D eigenvalue weighted by Gasteiger charge is 2.47. The summed E-state index contributed by atoms with van der Waals surface area (Å²) in [5, 5.41) is 14.2. The van der Waals surface area contributed by atoms with Crippen molar-refractivity contribution in [3.05, 3.63) is 30.1 Å². The summed E-state index contributed by atoms with van der Waals surface area (Å²) in [6, 6.07) is 4.07. The number of halogens is 6. The zero-order valence-corrected chi connectivity index (χ0v) is 22.1. The Balaban J connectivity index is 0.000000473. The van der Waals surface area contributed by atoms with Crippen LogP contribution < -0.4 is 0 Å². The first-order valence-electron chi connectivity index (χ1n) is 12.1. The van der Waals surface area contributed by atoms with Gasteiger partial charge in [0.05, 0.1) is 0 Å². The van der Waals surface area contributed by atoms with Crippen LogP contribution in [-0.4, -0.2) is 105 Å². The van der Waals surface area contributed by atoms with Crippen LogP contribution >= 0.6 is 0 Å². The van der Waals surface area contributed by atoms with Gasteiger partial charge < -0.3 is 20.0 Å². The highest BCUT2D eigenvalue weighted by molar-refractivity contribution is 5.81. The highest BCUT2D eigenvalue weighted by Crippen LogP contribution is 2.35. The molecule has 10 nitrogen and oxygen atoms in total. The van der Waals surface area contributed by atoms with E-state index in [4.69, 9.17) is 19.8 Å². The smallest absolute Gasteiger partial charge is 0.475 e. The molecule has 1 spiro atoms. The van der Waals surface area contributed by atoms with Crippen LogP contribution in [0.15, 0.2) is 24.5 Å². The molecule has 16 heteroatoms. The minimum Gasteiger partial charge on any atom is -0.475 e. The number of rotatable bonds is 4. The van der Waals surface area contributed by atoms with Gasteiger partial charge in [-0.25, -0.2) is 9.59 Å². The molecule has 0 saturated carbocycles. The number of hydrogen-bond donors (Lipinski definition) is 2. The number of pyridine rings is 1. The Morgan fingerprint density at radius 1 is 0.950 bits per heavy atom. The van der Waals surface area contributed by atoms with Gasteiger partial charge >= 0.3 is 24.3 Å². The fourth-order valence-corrected chi connectivity index (χ4v) is 4.27. The number of aliphatic carboxylic acids is 2. The molecule has 226 valence electrons. The van der Waals surface area contributed by atoms with E-state index in [1.165, 1.54) is 5.56 Å². The summed E-state index contributed by atoms with van der Waals surface area (Å²) in [7, 11) is 0. The number of hydrogen-bond acceptors (Lipinski definition) is 6. The molecule has 2 aliphatic rings. The van der Waals surface area contributed by atoms with E-state index in [1.54, 1.807) is 0 Å². The minimum atomic E-state index is -5.08. The van der Waals surface area contributed by atoms with Crippen molar-refractivity contribution >= 4 is 23.8 Å². The van der Waals surface area contributed by atoms with Gasteiger partial charge in [-0.05, 0) is 24.6 Å². The predicted molar refractivity (Wildman–Crippen MR) is 128 cm³/mol. The second-order valence-electron chi connectivity index (χ2n) is 9.67. The fourth-order valence-electron chi connectivity index (χ4n) is 4.27. The molecule has 3 heterocycles. The Morgan fingerprint density at radius 2 is 1.45 bits per heavy atom. The molecular weight excluding hydrogens is 554 g/mol. The summed E-state index contributed by atoms with van der Waals surface area (Å²) in [6.07, 6.45) is -6.00. The van der Waals surface area contributed by atoms with E-state index in [0.29, 0.717) is 13.0 Å². The first kappa shape index (κ1) is 34.6. The number of aromatic nitrogens is 1. The van der Waals surface area contributed by atoms with Crippen molar-refractivity contribution in [2.75, 3.05) is 39.3 Å². The molecular formula is C24H32F6N4O6. The van der Waals surface area contributed by atoms with Crippen LogP contribution in [-0.2, 0) is 25.7 Å². The number of carbonyl (C=O) groups is 4. The van der Waals surface area contributed by atoms with Crippen LogP contribution in [0.2, 0.25) is 0 Å². The topological polar surface area (TPSA) is 131 Å². The summed E-state index contributed by atoms with van der Waals surface area (Å²) in [5.74, 6) is -5.12. The fraction of sp³-hybridized carbons (Fsp3) is 0.625. The normalized spacial score (nSPS) is 19.9. The van der Waals surface area contributed by atoms with Crippen molar-refractivity contribution in [2.24, 2.45) is 11.3 Å². The molecule has 0 radical (unpaired) electrons. The van der Waals surface area contributed by atoms with Crippen molar-refractivity contribution < 1.29 is 55.7 Å². The second kappa shape index (κ2) is 14.3. The summed E-state index contributed by atoms with van der Waals surface area (Å²) in [5.41, 5.74) is 1.05. The van der Waals surface area contributed by atoms with Crippen LogP contribution in [0.25, 0.3) is 0 Å². The molecule has 0 bridgehead atoms. The Hall–Kier alpha value is -3.43. The maximum Gasteiger partial charge on any atom is 0.490 e. The Labute approximate surface area is 226 Å². The van der Waals surface area contributed by atoms with Gasteiger partial charge in [-0.2, -0.15) is 26.3 Å². The lowest BCUT2D eigenvalue weighted by Gasteiger charge is -2.34. The number of carboxylic acids is 2. The van der Waals surface area contributed by atoms with Crippen molar-refractivity contribution in [2.45, 2.75) is 46.1 Å². The van der Waals surface area contributed by atoms with Crippen LogP contribution in [0.3, 0.4) is 0 Å². The lowest BCUT2D eigenvalue weighted by atomic mass is 9.85. The third-order valence-electron chi connectivity index (χ3n) is 6.00. The van der Waals surface area contributed by atoms with Gasteiger partial charge in [0.15, 0.2) is 0 Å². The SMILES string of the molecule is CCN1CC2(CC1=O)CN(Cc1ccncc1)CCN(C(=O)C(C)C)C2.O=C(O)C(F)(F)F.O=C(O)C(F)(F)F. The maximum absolute atomic E-state index is 12.7. The van der Waals surface area contributed by atoms with E-state index >= 15 is 0 Å². The van der Waals surface area contributed by atoms with Crippen molar-refractivity contribution in [3.8, 4) is 0 Å². The third-order valence-corrected chi connectivity index (χ3v) is 6.00. The van der Waals surface area contributed by atoms with Gasteiger partial charge in [0.25, 0.3) is 0 Å². The molecule has 2 aliphatic heterocycles. The molecule has 1 aromatic heterocycles. The van der Waals surface area contributed by atoms with Crippen molar-refractivity contribution in [1.29, 1.82) is 0 Å². The van der Waals surface area contributed by atoms with E-state index < -0.39 is 24.3 Å². The first-order valence-corrected chi connectivity index (χ1v) is 12.1. The lowest BCUT2D eigenvalue weighted by molar-refractivity contribution is -0.193. The van der Waals surface area contributed by atoms with Gasteiger partial charge in [-0.3, -0.25) is 19.5 Å². The number of amides is 2. The van der Waals surface area contributed by atoms with Crippen LogP contribution in [0.5, 0.6) is 0 Å². The summed E-state index contributed by atoms with van der Waals surface area (Å²) < 4.78 is 63.5. The summed E-state index contributed by atoms with van der Waals surface area (Å²) in [6.45, 7) is 11.3. The number of alkyl halides is 6. The van der Waals surface area contributed by atoms with E-state index in [2.05, 4.69) is 9.88 Å². The summed E-state index contributed by atoms with van der Waals surface area (Å²) in [4.78, 5) is 53.4. The third kappa shape index (κ3) is 11.0. The molecule has 0 aromatic carbocycles. The van der Waals surface area contributed by atoms with Gasteiger partial charge in [0.1, 0.15) is 0 Å². The largest absolute Gasteiger partial charge is 0.490 e. The van der Waals surface area contributed by atoms with Crippen LogP contribution in [0.4, 0.5) is 26.3 Å². The summed E-state index contributed by atoms with van der Waals surface area (Å²) >= 11 is 0. The zero-order chi connectivity index (χ0) is 30.9. The maximum atomic E-state index is 12.7. The molecule has 1 atom stereocenters. The van der Waals surface area contributed by atoms with Gasteiger partial charge in [0.2, 0.25) is 11.8 Å². The van der Waals surface area contributed by atoms with Crippen LogP contribution in [0, 0.1) is 11.3 Å². The number of nitrogens with zero attached hydrogens (tertiary/aromatic N) is 4. The van der Waals surface area contributed by atoms with Crippen molar-refractivity contribution in [1.82, 2.24) is 19.7 Å². The first-order chi connectivity index (χ1) is 18.3. The number of carbonyl (C=O) groups excluding carboxylic acids is 2. The molecule has 3 rings (SSSR count). The molecule has 1 aromatic rings. The lowest BCUT2D eigenvalue weighted by Crippen LogP contribution is -2.45. The monoisotopic (exact) mass is 586 g/mol. The molecule has 0 aliphatic carbocycles. The molecule has 2 saturated heterocycles.